The highest BCUT2D eigenvalue weighted by Gasteiger charge is 2.39. The molecule has 0 spiro atoms. The number of primary amides is 2. The normalized spacial score (nSPS) is 14.7. The summed E-state index contributed by atoms with van der Waals surface area (Å²) >= 11 is 1.27. The zero-order valence-electron chi connectivity index (χ0n) is 62.6. The van der Waals surface area contributed by atoms with Gasteiger partial charge in [-0.1, -0.05) is 78.3 Å². The summed E-state index contributed by atoms with van der Waals surface area (Å²) in [5, 5.41) is 79.9. The smallest absolute Gasteiger partial charge is 0.303 e. The largest absolute Gasteiger partial charge is 0.508 e. The van der Waals surface area contributed by atoms with E-state index >= 15 is 0 Å². The van der Waals surface area contributed by atoms with Crippen molar-refractivity contribution >= 4 is 123 Å². The van der Waals surface area contributed by atoms with Gasteiger partial charge < -0.3 is 117 Å². The predicted octanol–water partition coefficient (Wildman–Crippen LogP) is -4.87. The number of carbonyl (C=O) groups is 16. The maximum Gasteiger partial charge on any atom is 0.303 e. The molecular weight excluding hydrogens is 1460 g/mol. The van der Waals surface area contributed by atoms with Gasteiger partial charge in [0, 0.05) is 56.3 Å². The molecule has 0 saturated carbocycles. The Bertz CT molecular complexity index is 3720. The maximum absolute atomic E-state index is 14.8. The van der Waals surface area contributed by atoms with Crippen molar-refractivity contribution in [1.29, 1.82) is 0 Å². The van der Waals surface area contributed by atoms with Gasteiger partial charge in [-0.2, -0.15) is 11.8 Å². The van der Waals surface area contributed by atoms with E-state index in [2.05, 4.69) is 73.8 Å². The van der Waals surface area contributed by atoms with Crippen molar-refractivity contribution < 1.29 is 102 Å². The van der Waals surface area contributed by atoms with Crippen molar-refractivity contribution in [2.75, 3.05) is 31.8 Å². The minimum atomic E-state index is -1.98. The van der Waals surface area contributed by atoms with Crippen LogP contribution in [0.1, 0.15) is 124 Å². The van der Waals surface area contributed by atoms with Gasteiger partial charge in [0.25, 0.3) is 0 Å². The van der Waals surface area contributed by atoms with Crippen molar-refractivity contribution in [3.63, 3.8) is 0 Å². The van der Waals surface area contributed by atoms with Crippen molar-refractivity contribution in [3.05, 3.63) is 65.9 Å². The van der Waals surface area contributed by atoms with E-state index in [1.165, 1.54) is 49.9 Å². The van der Waals surface area contributed by atoms with Crippen molar-refractivity contribution in [3.8, 4) is 5.75 Å². The molecule has 0 saturated heterocycles. The number of fused-ring (bicyclic) bond motifs is 1. The number of carboxylic acids is 2. The second kappa shape index (κ2) is 46.9. The van der Waals surface area contributed by atoms with Gasteiger partial charge in [-0.25, -0.2) is 0 Å². The lowest BCUT2D eigenvalue weighted by molar-refractivity contribution is -0.139. The average Bonchev–Trinajstić information content (AvgIpc) is 1.79. The summed E-state index contributed by atoms with van der Waals surface area (Å²) in [7, 11) is 0. The zero-order chi connectivity index (χ0) is 82.6. The number of amides is 14. The minimum absolute atomic E-state index is 0.00115. The van der Waals surface area contributed by atoms with Gasteiger partial charge in [0.1, 0.15) is 78.3 Å². The number of H-pyrrole nitrogens is 1. The van der Waals surface area contributed by atoms with Crippen LogP contribution in [0, 0.1) is 17.8 Å². The molecule has 2 aromatic carbocycles. The first-order valence-electron chi connectivity index (χ1n) is 35.5. The SMILES string of the molecule is CC[C@H](C)[C@H](NC(=O)[C@H](Cc1ccc(O)cc1)NC(=O)[C@H](CCC(=O)O)NC(=O)[C@H](CCCN=C(N)N)NC(=O)[C@@H](NC(=O)[C@H](Cc1c[nH]c2ccccc12)NC(C)=O)C(C)C)C(=O)N[C@@H](CC(N)=O)C(=O)N[C@@H](CO)C(=O)N[C@@H](CC(C)C)C(=O)N[C@@H](CCC(=O)O)C(=O)N[C@@H](CCSC)C(=O)N[C@@H](CO)C(N)=O. The molecule has 0 bridgehead atoms. The Kier molecular flexibility index (Phi) is 39.7. The Morgan fingerprint density at radius 3 is 1.43 bits per heavy atom. The number of nitrogens with zero attached hydrogens (tertiary/aromatic N) is 1. The van der Waals surface area contributed by atoms with E-state index in [0.717, 1.165) is 10.9 Å². The van der Waals surface area contributed by atoms with Crippen molar-refractivity contribution in [2.24, 2.45) is 45.7 Å². The molecule has 0 fully saturated rings. The van der Waals surface area contributed by atoms with Crippen LogP contribution >= 0.6 is 11.8 Å². The Labute approximate surface area is 638 Å². The molecule has 0 aliphatic carbocycles. The standard InChI is InChI=1S/C70H106N18O21S/c1-9-36(6)57(69(109)84-50(30-53(71)93)64(104)86-52(33-90)67(107)82-47(27-34(2)3)63(103)79-44(20-22-54(94)95)60(100)80-46(24-26-110-8)62(102)85-51(32-89)58(72)98)88-65(105)48(28-38-16-18-40(92)19-17-38)83-61(101)45(21-23-55(96)97)78-59(99)43(15-12-25-75-70(73)74)81-68(108)56(35(4)5)87-66(106)49(77-37(7)91)29-39-31-76-42-14-11-10-13-41(39)42/h10-11,13-14,16-19,31,34-36,43-52,56-57,76,89-90,92H,9,12,15,20-30,32-33H2,1-8H3,(H2,71,93)(H2,72,98)(H,77,91)(H,78,99)(H,79,103)(H,80,100)(H,81,108)(H,82,107)(H,83,101)(H,84,109)(H,85,102)(H,86,104)(H,87,106)(H,88,105)(H,94,95)(H,96,97)(H4,73,74,75)/t36-,43-,44-,45-,46-,47-,48-,49-,50-,51-,52-,56-,57-/m0/s1. The summed E-state index contributed by atoms with van der Waals surface area (Å²) in [5.41, 5.74) is 23.6. The van der Waals surface area contributed by atoms with Crippen LogP contribution in [-0.4, -0.2) is 235 Å². The highest BCUT2D eigenvalue weighted by Crippen LogP contribution is 2.21. The quantitative estimate of drug-likeness (QED) is 0.0143. The van der Waals surface area contributed by atoms with E-state index in [-0.39, 0.29) is 68.1 Å². The van der Waals surface area contributed by atoms with Crippen LogP contribution in [0.2, 0.25) is 0 Å². The molecule has 13 atom stereocenters. The number of guanidine groups is 1. The number of aromatic hydroxyl groups is 1. The number of aliphatic imine (C=N–C) groups is 1. The third-order valence-electron chi connectivity index (χ3n) is 17.3. The Hall–Kier alpha value is -11.2. The Balaban J connectivity index is 1.98. The summed E-state index contributed by atoms with van der Waals surface area (Å²) in [6.07, 6.45) is -1.03. The topological polar surface area (TPSA) is 651 Å². The summed E-state index contributed by atoms with van der Waals surface area (Å²) in [6.45, 7) is 8.63. The number of hydrogen-bond acceptors (Lipinski definition) is 21. The number of nitrogens with two attached hydrogens (primary N) is 4. The molecule has 40 heteroatoms. The Morgan fingerprint density at radius 2 is 0.936 bits per heavy atom. The molecule has 0 aliphatic heterocycles. The van der Waals surface area contributed by atoms with Gasteiger partial charge in [-0.15, -0.1) is 0 Å². The minimum Gasteiger partial charge on any atom is -0.508 e. The number of aliphatic hydroxyl groups is 2. The number of carbonyl (C=O) groups excluding carboxylic acids is 14. The number of carboxylic acid groups (broad SMARTS) is 2. The fourth-order valence-electron chi connectivity index (χ4n) is 11.1. The number of phenols is 1. The number of nitrogens with one attached hydrogen (secondary N) is 13. The second-order valence-electron chi connectivity index (χ2n) is 27.0. The third kappa shape index (κ3) is 32.3. The highest BCUT2D eigenvalue weighted by atomic mass is 32.2. The van der Waals surface area contributed by atoms with Gasteiger partial charge in [0.05, 0.1) is 19.6 Å². The first kappa shape index (κ1) is 93.0. The van der Waals surface area contributed by atoms with Crippen molar-refractivity contribution in [2.45, 2.75) is 198 Å². The molecular formula is C70H106N18O21S. The monoisotopic (exact) mass is 1570 g/mol. The lowest BCUT2D eigenvalue weighted by Crippen LogP contribution is -2.62. The van der Waals surface area contributed by atoms with Gasteiger partial charge in [0.2, 0.25) is 82.7 Å². The molecule has 0 radical (unpaired) electrons. The molecule has 110 heavy (non-hydrogen) atoms. The van der Waals surface area contributed by atoms with Crippen LogP contribution in [0.15, 0.2) is 59.7 Å². The van der Waals surface area contributed by atoms with Crippen LogP contribution in [0.25, 0.3) is 10.9 Å². The van der Waals surface area contributed by atoms with Gasteiger partial charge in [0.15, 0.2) is 5.96 Å². The van der Waals surface area contributed by atoms with Crippen LogP contribution in [-0.2, 0) is 89.6 Å². The number of thioether (sulfide) groups is 1. The van der Waals surface area contributed by atoms with E-state index in [4.69, 9.17) is 22.9 Å². The van der Waals surface area contributed by atoms with Gasteiger partial charge >= 0.3 is 11.9 Å². The number of phenolic OH excluding ortho intramolecular Hbond substituents is 1. The molecule has 0 unspecified atom stereocenters. The van der Waals surface area contributed by atoms with Crippen LogP contribution < -0.4 is 86.7 Å². The number of aliphatic hydroxyl groups excluding tert-OH is 2. The number of hydrogen-bond donors (Lipinski definition) is 22. The van der Waals surface area contributed by atoms with Gasteiger partial charge in [-0.3, -0.25) is 81.7 Å². The van der Waals surface area contributed by atoms with Crippen LogP contribution in [0.3, 0.4) is 0 Å². The molecule has 1 heterocycles. The summed E-state index contributed by atoms with van der Waals surface area (Å²) < 4.78 is 0. The molecule has 0 aliphatic rings. The molecule has 14 amide bonds. The number of aliphatic carboxylic acids is 2. The van der Waals surface area contributed by atoms with Crippen LogP contribution in [0.4, 0.5) is 0 Å². The van der Waals surface area contributed by atoms with Crippen LogP contribution in [0.5, 0.6) is 5.75 Å². The first-order valence-corrected chi connectivity index (χ1v) is 36.9. The lowest BCUT2D eigenvalue weighted by Gasteiger charge is -2.30. The zero-order valence-corrected chi connectivity index (χ0v) is 63.4. The first-order chi connectivity index (χ1) is 51.8. The van der Waals surface area contributed by atoms with Crippen molar-refractivity contribution in [1.82, 2.24) is 68.8 Å². The summed E-state index contributed by atoms with van der Waals surface area (Å²) in [4.78, 5) is 224. The average molecular weight is 1570 g/mol. The van der Waals surface area contributed by atoms with E-state index < -0.39 is 237 Å². The van der Waals surface area contributed by atoms with E-state index in [0.29, 0.717) is 5.56 Å². The number of aromatic amines is 1. The Morgan fingerprint density at radius 1 is 0.500 bits per heavy atom. The molecule has 3 rings (SSSR count). The summed E-state index contributed by atoms with van der Waals surface area (Å²) in [6, 6.07) is -7.00. The lowest BCUT2D eigenvalue weighted by atomic mass is 9.96. The highest BCUT2D eigenvalue weighted by molar-refractivity contribution is 7.98. The number of para-hydroxylation sites is 1. The fraction of sp³-hybridized carbons (Fsp3) is 0.557. The molecule has 608 valence electrons. The molecule has 1 aromatic heterocycles. The fourth-order valence-corrected chi connectivity index (χ4v) is 11.6. The van der Waals surface area contributed by atoms with E-state index in [1.807, 2.05) is 18.2 Å². The third-order valence-corrected chi connectivity index (χ3v) is 17.9. The summed E-state index contributed by atoms with van der Waals surface area (Å²) in [5.74, 6) is -19.7. The molecule has 39 nitrogen and oxygen atoms in total. The van der Waals surface area contributed by atoms with E-state index in [9.17, 15) is 102 Å². The predicted molar refractivity (Wildman–Crippen MR) is 400 cm³/mol. The number of rotatable bonds is 50. The molecule has 3 aromatic rings. The maximum atomic E-state index is 14.8. The second-order valence-corrected chi connectivity index (χ2v) is 28.0. The van der Waals surface area contributed by atoms with E-state index in [1.54, 1.807) is 53.1 Å². The molecule has 26 N–H and O–H groups in total. The number of benzene rings is 2. The number of aromatic nitrogens is 1. The van der Waals surface area contributed by atoms with Gasteiger partial charge in [-0.05, 0) is 97.6 Å².